The van der Waals surface area contributed by atoms with E-state index in [4.69, 9.17) is 0 Å². The van der Waals surface area contributed by atoms with Crippen LogP contribution in [0.4, 0.5) is 4.79 Å². The summed E-state index contributed by atoms with van der Waals surface area (Å²) in [5.41, 5.74) is 0.895. The molecule has 0 aromatic carbocycles. The van der Waals surface area contributed by atoms with Crippen LogP contribution in [0.25, 0.3) is 0 Å². The van der Waals surface area contributed by atoms with Crippen molar-refractivity contribution in [3.63, 3.8) is 0 Å². The first-order chi connectivity index (χ1) is 11.4. The summed E-state index contributed by atoms with van der Waals surface area (Å²) in [6.45, 7) is 4.61. The summed E-state index contributed by atoms with van der Waals surface area (Å²) in [5.74, 6) is 0.458. The van der Waals surface area contributed by atoms with Crippen molar-refractivity contribution in [2.45, 2.75) is 58.4 Å². The third-order valence-electron chi connectivity index (χ3n) is 5.54. The molecule has 0 spiro atoms. The number of likely N-dealkylation sites (tertiary alicyclic amines) is 1. The number of carbonyl (C=O) groups is 2. The zero-order chi connectivity index (χ0) is 17.3. The third kappa shape index (κ3) is 3.62. The average Bonchev–Trinajstić information content (AvgIpc) is 2.99. The highest BCUT2D eigenvalue weighted by molar-refractivity contribution is 5.93. The van der Waals surface area contributed by atoms with Crippen molar-refractivity contribution < 1.29 is 14.7 Å². The third-order valence-corrected chi connectivity index (χ3v) is 5.54. The van der Waals surface area contributed by atoms with Gasteiger partial charge in [0.25, 0.3) is 0 Å². The van der Waals surface area contributed by atoms with Crippen LogP contribution in [0.1, 0.15) is 57.7 Å². The maximum absolute atomic E-state index is 12.4. The first-order valence-electron chi connectivity index (χ1n) is 9.00. The van der Waals surface area contributed by atoms with Crippen LogP contribution in [0.2, 0.25) is 0 Å². The molecular weight excluding hydrogens is 306 g/mol. The van der Waals surface area contributed by atoms with Gasteiger partial charge in [-0.15, -0.1) is 0 Å². The van der Waals surface area contributed by atoms with Crippen LogP contribution in [-0.2, 0) is 11.2 Å². The zero-order valence-electron chi connectivity index (χ0n) is 14.5. The Morgan fingerprint density at radius 2 is 1.96 bits per heavy atom. The number of hydrogen-bond donors (Lipinski definition) is 1. The van der Waals surface area contributed by atoms with Crippen molar-refractivity contribution in [3.8, 4) is 0 Å². The summed E-state index contributed by atoms with van der Waals surface area (Å²) >= 11 is 0. The molecule has 2 atom stereocenters. The van der Waals surface area contributed by atoms with Crippen LogP contribution in [0.5, 0.6) is 0 Å². The van der Waals surface area contributed by atoms with Crippen LogP contribution in [0.3, 0.4) is 0 Å². The van der Waals surface area contributed by atoms with Crippen molar-refractivity contribution in [1.82, 2.24) is 14.5 Å². The fraction of sp³-hybridized carbons (Fsp3) is 0.722. The van der Waals surface area contributed by atoms with Crippen molar-refractivity contribution in [2.24, 2.45) is 17.8 Å². The van der Waals surface area contributed by atoms with Gasteiger partial charge in [-0.2, -0.15) is 0 Å². The van der Waals surface area contributed by atoms with Gasteiger partial charge in [0.1, 0.15) is 0 Å². The minimum atomic E-state index is -1.14. The van der Waals surface area contributed by atoms with Crippen LogP contribution >= 0.6 is 0 Å². The highest BCUT2D eigenvalue weighted by Crippen LogP contribution is 2.32. The minimum Gasteiger partial charge on any atom is -0.465 e. The van der Waals surface area contributed by atoms with E-state index in [1.165, 1.54) is 25.7 Å². The molecule has 1 saturated carbocycles. The number of aromatic nitrogens is 2. The van der Waals surface area contributed by atoms with E-state index in [0.29, 0.717) is 19.0 Å². The molecule has 2 amide bonds. The number of nitrogens with zero attached hydrogens (tertiary/aromatic N) is 3. The second kappa shape index (κ2) is 6.95. The quantitative estimate of drug-likeness (QED) is 0.920. The highest BCUT2D eigenvalue weighted by atomic mass is 16.4. The number of imide groups is 1. The van der Waals surface area contributed by atoms with E-state index in [2.05, 4.69) is 22.7 Å². The second-order valence-corrected chi connectivity index (χ2v) is 7.70. The first-order valence-corrected chi connectivity index (χ1v) is 9.00. The zero-order valence-corrected chi connectivity index (χ0v) is 14.5. The van der Waals surface area contributed by atoms with Gasteiger partial charge < -0.3 is 9.67 Å². The standard InChI is InChI=1S/C18H27N3O3/c1-12-3-5-16(6-4-12)20-10-15(19-11-20)8-14-7-13(2)9-21(17(14)22)18(23)24/h10-14,16H,3-9H2,1-2H3,(H,23,24)/t12-,13-,14-,16-/m0/s1. The lowest BCUT2D eigenvalue weighted by atomic mass is 9.86. The summed E-state index contributed by atoms with van der Waals surface area (Å²) in [5, 5.41) is 9.19. The molecule has 2 fully saturated rings. The summed E-state index contributed by atoms with van der Waals surface area (Å²) < 4.78 is 2.19. The van der Waals surface area contributed by atoms with Gasteiger partial charge >= 0.3 is 6.09 Å². The van der Waals surface area contributed by atoms with Crippen LogP contribution in [0, 0.1) is 17.8 Å². The van der Waals surface area contributed by atoms with E-state index >= 15 is 0 Å². The Labute approximate surface area is 142 Å². The average molecular weight is 333 g/mol. The van der Waals surface area contributed by atoms with E-state index in [9.17, 15) is 14.7 Å². The van der Waals surface area contributed by atoms with Crippen molar-refractivity contribution in [3.05, 3.63) is 18.2 Å². The van der Waals surface area contributed by atoms with Gasteiger partial charge in [0.15, 0.2) is 0 Å². The molecule has 1 N–H and O–H groups in total. The Kier molecular flexibility index (Phi) is 4.92. The molecule has 6 heteroatoms. The SMILES string of the molecule is C[C@H]1C[C@@H](Cc2cn([C@H]3CC[C@H](C)CC3)cn2)C(=O)N(C(=O)O)C1. The molecule has 0 radical (unpaired) electrons. The number of rotatable bonds is 3. The number of carboxylic acid groups (broad SMARTS) is 1. The van der Waals surface area contributed by atoms with E-state index in [1.807, 2.05) is 13.3 Å². The number of hydrogen-bond acceptors (Lipinski definition) is 3. The summed E-state index contributed by atoms with van der Waals surface area (Å²) in [6.07, 6.45) is 8.93. The Bertz CT molecular complexity index is 604. The van der Waals surface area contributed by atoms with E-state index in [1.54, 1.807) is 0 Å². The van der Waals surface area contributed by atoms with Gasteiger partial charge in [-0.1, -0.05) is 13.8 Å². The normalized spacial score (nSPS) is 31.2. The molecule has 2 heterocycles. The smallest absolute Gasteiger partial charge is 0.414 e. The van der Waals surface area contributed by atoms with E-state index in [0.717, 1.165) is 22.9 Å². The molecule has 3 rings (SSSR count). The molecule has 24 heavy (non-hydrogen) atoms. The molecule has 0 bridgehead atoms. The first kappa shape index (κ1) is 17.0. The molecule has 132 valence electrons. The Morgan fingerprint density at radius 3 is 2.62 bits per heavy atom. The Morgan fingerprint density at radius 1 is 1.25 bits per heavy atom. The fourth-order valence-corrected chi connectivity index (χ4v) is 4.10. The molecule has 1 saturated heterocycles. The van der Waals surface area contributed by atoms with Gasteiger partial charge in [-0.3, -0.25) is 4.79 Å². The maximum atomic E-state index is 12.4. The minimum absolute atomic E-state index is 0.200. The molecule has 2 aliphatic rings. The largest absolute Gasteiger partial charge is 0.465 e. The molecule has 1 aliphatic carbocycles. The predicted molar refractivity (Wildman–Crippen MR) is 89.6 cm³/mol. The summed E-state index contributed by atoms with van der Waals surface area (Å²) in [7, 11) is 0. The van der Waals surface area contributed by atoms with Crippen molar-refractivity contribution >= 4 is 12.0 Å². The van der Waals surface area contributed by atoms with Gasteiger partial charge in [-0.05, 0) is 43.9 Å². The molecule has 6 nitrogen and oxygen atoms in total. The lowest BCUT2D eigenvalue weighted by molar-refractivity contribution is -0.137. The van der Waals surface area contributed by atoms with Gasteiger partial charge in [0.05, 0.1) is 12.0 Å². The summed E-state index contributed by atoms with van der Waals surface area (Å²) in [6, 6.07) is 0.513. The van der Waals surface area contributed by atoms with Crippen LogP contribution < -0.4 is 0 Å². The Balaban J connectivity index is 1.65. The van der Waals surface area contributed by atoms with Crippen LogP contribution in [-0.4, -0.2) is 38.1 Å². The molecule has 1 aromatic rings. The monoisotopic (exact) mass is 333 g/mol. The Hall–Kier alpha value is -1.85. The van der Waals surface area contributed by atoms with Gasteiger partial charge in [-0.25, -0.2) is 14.7 Å². The molecule has 1 aromatic heterocycles. The van der Waals surface area contributed by atoms with E-state index < -0.39 is 6.09 Å². The van der Waals surface area contributed by atoms with Crippen molar-refractivity contribution in [1.29, 1.82) is 0 Å². The highest BCUT2D eigenvalue weighted by Gasteiger charge is 2.36. The number of carbonyl (C=O) groups excluding carboxylic acids is 1. The second-order valence-electron chi connectivity index (χ2n) is 7.70. The van der Waals surface area contributed by atoms with E-state index in [-0.39, 0.29) is 17.7 Å². The molecular formula is C18H27N3O3. The number of amides is 2. The number of imidazole rings is 1. The number of piperidine rings is 1. The van der Waals surface area contributed by atoms with Crippen LogP contribution in [0.15, 0.2) is 12.5 Å². The molecule has 1 aliphatic heterocycles. The molecule has 0 unspecified atom stereocenters. The topological polar surface area (TPSA) is 75.4 Å². The van der Waals surface area contributed by atoms with Gasteiger partial charge in [0, 0.05) is 31.1 Å². The fourth-order valence-electron chi connectivity index (χ4n) is 4.10. The lowest BCUT2D eigenvalue weighted by Gasteiger charge is -2.32. The lowest BCUT2D eigenvalue weighted by Crippen LogP contribution is -2.47. The van der Waals surface area contributed by atoms with Crippen molar-refractivity contribution in [2.75, 3.05) is 6.54 Å². The van der Waals surface area contributed by atoms with Gasteiger partial charge in [0.2, 0.25) is 5.91 Å². The predicted octanol–water partition coefficient (Wildman–Crippen LogP) is 3.34. The summed E-state index contributed by atoms with van der Waals surface area (Å²) in [4.78, 5) is 29.1. The maximum Gasteiger partial charge on any atom is 0.414 e.